The minimum absolute atomic E-state index is 0. The Morgan fingerprint density at radius 3 is 2.12 bits per heavy atom. The summed E-state index contributed by atoms with van der Waals surface area (Å²) in [5.41, 5.74) is 0. The number of hydrogen-bond donors (Lipinski definition) is 1. The summed E-state index contributed by atoms with van der Waals surface area (Å²) < 4.78 is 5.67. The number of rotatable bonds is 6. The Morgan fingerprint density at radius 2 is 1.59 bits per heavy atom. The molecule has 2 nitrogen and oxygen atoms in total. The minimum Gasteiger partial charge on any atom is -0.380 e. The lowest BCUT2D eigenvalue weighted by Crippen LogP contribution is -2.39. The summed E-state index contributed by atoms with van der Waals surface area (Å²) >= 11 is 0. The van der Waals surface area contributed by atoms with Crippen molar-refractivity contribution in [1.82, 2.24) is 5.32 Å². The first kappa shape index (κ1) is 17.2. The Morgan fingerprint density at radius 1 is 1.00 bits per heavy atom. The van der Waals surface area contributed by atoms with Crippen molar-refractivity contribution in [1.29, 1.82) is 0 Å². The van der Waals surface area contributed by atoms with Crippen LogP contribution in [0.5, 0.6) is 0 Å². The molecule has 104 valence electrons. The Balaban J connectivity index is 0.00000256. The van der Waals surface area contributed by atoms with Crippen molar-refractivity contribution in [2.45, 2.75) is 71.4 Å². The highest BCUT2D eigenvalue weighted by molar-refractivity contribution is 5.85. The van der Waals surface area contributed by atoms with Crippen molar-refractivity contribution in [3.8, 4) is 0 Å². The van der Waals surface area contributed by atoms with Crippen molar-refractivity contribution in [3.05, 3.63) is 0 Å². The SMILES string of the molecule is CC(C)COCC(C)NC1CCCCCC1.Cl. The van der Waals surface area contributed by atoms with Gasteiger partial charge in [0.2, 0.25) is 0 Å². The van der Waals surface area contributed by atoms with Crippen molar-refractivity contribution >= 4 is 12.4 Å². The molecule has 0 aliphatic heterocycles. The van der Waals surface area contributed by atoms with Crippen LogP contribution in [0.2, 0.25) is 0 Å². The molecule has 0 radical (unpaired) electrons. The van der Waals surface area contributed by atoms with Crippen molar-refractivity contribution < 1.29 is 4.74 Å². The molecular weight excluding hydrogens is 234 g/mol. The average molecular weight is 264 g/mol. The van der Waals surface area contributed by atoms with Gasteiger partial charge in [0, 0.05) is 18.7 Å². The molecule has 1 N–H and O–H groups in total. The van der Waals surface area contributed by atoms with Gasteiger partial charge in [0.15, 0.2) is 0 Å². The zero-order chi connectivity index (χ0) is 11.8. The topological polar surface area (TPSA) is 21.3 Å². The zero-order valence-electron chi connectivity index (χ0n) is 11.7. The molecule has 1 fully saturated rings. The molecule has 0 heterocycles. The molecule has 0 bridgehead atoms. The molecule has 0 aromatic rings. The van der Waals surface area contributed by atoms with Crippen LogP contribution >= 0.6 is 12.4 Å². The molecule has 1 atom stereocenters. The van der Waals surface area contributed by atoms with Crippen LogP contribution in [0.25, 0.3) is 0 Å². The smallest absolute Gasteiger partial charge is 0.0617 e. The monoisotopic (exact) mass is 263 g/mol. The van der Waals surface area contributed by atoms with Gasteiger partial charge < -0.3 is 10.1 Å². The predicted octanol–water partition coefficient (Wildman–Crippen LogP) is 3.78. The van der Waals surface area contributed by atoms with Crippen LogP contribution in [-0.4, -0.2) is 25.3 Å². The average Bonchev–Trinajstić information content (AvgIpc) is 2.45. The highest BCUT2D eigenvalue weighted by Crippen LogP contribution is 2.17. The molecular formula is C14H30ClNO. The molecule has 1 rings (SSSR count). The lowest BCUT2D eigenvalue weighted by molar-refractivity contribution is 0.0903. The Bertz CT molecular complexity index is 168. The first-order valence-electron chi connectivity index (χ1n) is 7.02. The van der Waals surface area contributed by atoms with Gasteiger partial charge in [-0.05, 0) is 25.7 Å². The largest absolute Gasteiger partial charge is 0.380 e. The first-order valence-corrected chi connectivity index (χ1v) is 7.02. The second kappa shape index (κ2) is 10.2. The summed E-state index contributed by atoms with van der Waals surface area (Å²) in [6, 6.07) is 1.24. The standard InChI is InChI=1S/C14H29NO.ClH/c1-12(2)10-16-11-13(3)15-14-8-6-4-5-7-9-14;/h12-15H,4-11H2,1-3H3;1H. The Kier molecular flexibility index (Phi) is 10.3. The highest BCUT2D eigenvalue weighted by Gasteiger charge is 2.14. The summed E-state index contributed by atoms with van der Waals surface area (Å²) in [4.78, 5) is 0. The van der Waals surface area contributed by atoms with E-state index in [1.54, 1.807) is 0 Å². The third-order valence-corrected chi connectivity index (χ3v) is 3.19. The van der Waals surface area contributed by atoms with E-state index >= 15 is 0 Å². The number of nitrogens with one attached hydrogen (secondary N) is 1. The summed E-state index contributed by atoms with van der Waals surface area (Å²) in [5, 5.41) is 3.71. The van der Waals surface area contributed by atoms with E-state index in [1.807, 2.05) is 0 Å². The van der Waals surface area contributed by atoms with Gasteiger partial charge in [-0.25, -0.2) is 0 Å². The van der Waals surface area contributed by atoms with E-state index in [4.69, 9.17) is 4.74 Å². The third kappa shape index (κ3) is 8.87. The molecule has 1 aliphatic carbocycles. The zero-order valence-corrected chi connectivity index (χ0v) is 12.5. The second-order valence-electron chi connectivity index (χ2n) is 5.69. The van der Waals surface area contributed by atoms with E-state index in [9.17, 15) is 0 Å². The van der Waals surface area contributed by atoms with E-state index in [1.165, 1.54) is 38.5 Å². The van der Waals surface area contributed by atoms with Crippen molar-refractivity contribution in [3.63, 3.8) is 0 Å². The van der Waals surface area contributed by atoms with Crippen LogP contribution < -0.4 is 5.32 Å². The third-order valence-electron chi connectivity index (χ3n) is 3.19. The minimum atomic E-state index is 0. The summed E-state index contributed by atoms with van der Waals surface area (Å²) in [5.74, 6) is 0.644. The fraction of sp³-hybridized carbons (Fsp3) is 1.00. The predicted molar refractivity (Wildman–Crippen MR) is 77.0 cm³/mol. The maximum atomic E-state index is 5.67. The summed E-state index contributed by atoms with van der Waals surface area (Å²) in [6.45, 7) is 8.38. The maximum absolute atomic E-state index is 5.67. The van der Waals surface area contributed by atoms with Crippen LogP contribution in [0.1, 0.15) is 59.3 Å². The van der Waals surface area contributed by atoms with Crippen LogP contribution in [-0.2, 0) is 4.74 Å². The number of ether oxygens (including phenoxy) is 1. The first-order chi connectivity index (χ1) is 7.68. The van der Waals surface area contributed by atoms with Crippen LogP contribution in [0, 0.1) is 5.92 Å². The van der Waals surface area contributed by atoms with E-state index in [0.29, 0.717) is 12.0 Å². The summed E-state index contributed by atoms with van der Waals surface area (Å²) in [7, 11) is 0. The van der Waals surface area contributed by atoms with Gasteiger partial charge in [-0.3, -0.25) is 0 Å². The van der Waals surface area contributed by atoms with E-state index in [-0.39, 0.29) is 12.4 Å². The molecule has 3 heteroatoms. The fourth-order valence-electron chi connectivity index (χ4n) is 2.38. The van der Waals surface area contributed by atoms with Gasteiger partial charge >= 0.3 is 0 Å². The van der Waals surface area contributed by atoms with E-state index < -0.39 is 0 Å². The lowest BCUT2D eigenvalue weighted by atomic mass is 10.1. The highest BCUT2D eigenvalue weighted by atomic mass is 35.5. The van der Waals surface area contributed by atoms with Crippen LogP contribution in [0.4, 0.5) is 0 Å². The molecule has 0 spiro atoms. The molecule has 1 saturated carbocycles. The van der Waals surface area contributed by atoms with Gasteiger partial charge in [0.05, 0.1) is 6.61 Å². The summed E-state index contributed by atoms with van der Waals surface area (Å²) in [6.07, 6.45) is 8.37. The molecule has 0 aromatic carbocycles. The van der Waals surface area contributed by atoms with Crippen molar-refractivity contribution in [2.24, 2.45) is 5.92 Å². The second-order valence-corrected chi connectivity index (χ2v) is 5.69. The molecule has 0 saturated heterocycles. The Labute approximate surface area is 113 Å². The maximum Gasteiger partial charge on any atom is 0.0617 e. The Hall–Kier alpha value is 0.210. The number of halogens is 1. The molecule has 17 heavy (non-hydrogen) atoms. The van der Waals surface area contributed by atoms with E-state index in [0.717, 1.165) is 19.3 Å². The fourth-order valence-corrected chi connectivity index (χ4v) is 2.38. The molecule has 1 unspecified atom stereocenters. The van der Waals surface area contributed by atoms with Crippen LogP contribution in [0.3, 0.4) is 0 Å². The lowest BCUT2D eigenvalue weighted by Gasteiger charge is -2.22. The molecule has 0 amide bonds. The molecule has 0 aromatic heterocycles. The van der Waals surface area contributed by atoms with Gasteiger partial charge in [-0.1, -0.05) is 39.5 Å². The number of hydrogen-bond acceptors (Lipinski definition) is 2. The van der Waals surface area contributed by atoms with E-state index in [2.05, 4.69) is 26.1 Å². The van der Waals surface area contributed by atoms with Crippen molar-refractivity contribution in [2.75, 3.05) is 13.2 Å². The normalized spacial score (nSPS) is 19.8. The van der Waals surface area contributed by atoms with Gasteiger partial charge in [-0.2, -0.15) is 0 Å². The van der Waals surface area contributed by atoms with Crippen LogP contribution in [0.15, 0.2) is 0 Å². The molecule has 1 aliphatic rings. The quantitative estimate of drug-likeness (QED) is 0.737. The van der Waals surface area contributed by atoms with Gasteiger partial charge in [0.25, 0.3) is 0 Å². The van der Waals surface area contributed by atoms with Gasteiger partial charge in [0.1, 0.15) is 0 Å². The van der Waals surface area contributed by atoms with Gasteiger partial charge in [-0.15, -0.1) is 12.4 Å².